The van der Waals surface area contributed by atoms with Crippen LogP contribution >= 0.6 is 0 Å². The molecule has 6 heteroatoms. The molecule has 1 aromatic rings. The van der Waals surface area contributed by atoms with Crippen LogP contribution < -0.4 is 20.5 Å². The number of hydrogen-bond donors (Lipinski definition) is 2. The maximum absolute atomic E-state index is 12.4. The predicted octanol–water partition coefficient (Wildman–Crippen LogP) is 3.06. The highest BCUT2D eigenvalue weighted by atomic mass is 16.7. The molecule has 0 radical (unpaired) electrons. The van der Waals surface area contributed by atoms with E-state index in [-0.39, 0.29) is 18.8 Å². The molecular weight excluding hydrogens is 296 g/mol. The molecule has 1 aromatic carbocycles. The Balaban J connectivity index is 1.60. The lowest BCUT2D eigenvalue weighted by Gasteiger charge is -2.21. The van der Waals surface area contributed by atoms with Gasteiger partial charge >= 0.3 is 0 Å². The van der Waals surface area contributed by atoms with E-state index in [0.717, 1.165) is 12.8 Å². The van der Waals surface area contributed by atoms with Gasteiger partial charge in [-0.15, -0.1) is 0 Å². The molecule has 1 aliphatic heterocycles. The molecule has 1 amide bonds. The number of carbonyl (C=O) groups excluding carboxylic acids is 1. The van der Waals surface area contributed by atoms with E-state index in [2.05, 4.69) is 5.32 Å². The van der Waals surface area contributed by atoms with Crippen LogP contribution in [0.25, 0.3) is 0 Å². The zero-order valence-corrected chi connectivity index (χ0v) is 13.5. The molecule has 23 heavy (non-hydrogen) atoms. The molecule has 3 N–H and O–H groups in total. The Morgan fingerprint density at radius 3 is 2.57 bits per heavy atom. The number of nitrogens with two attached hydrogens (primary N) is 1. The number of carbonyl (C=O) groups is 1. The Kier molecular flexibility index (Phi) is 4.91. The second-order valence-electron chi connectivity index (χ2n) is 6.17. The Morgan fingerprint density at radius 2 is 1.87 bits per heavy atom. The van der Waals surface area contributed by atoms with Crippen LogP contribution in [0.4, 0.5) is 11.4 Å². The minimum absolute atomic E-state index is 0.173. The van der Waals surface area contributed by atoms with E-state index in [1.54, 1.807) is 19.1 Å². The first-order valence-electron chi connectivity index (χ1n) is 8.29. The molecule has 0 bridgehead atoms. The maximum atomic E-state index is 12.4. The fraction of sp³-hybridized carbons (Fsp3) is 0.588. The second kappa shape index (κ2) is 7.08. The summed E-state index contributed by atoms with van der Waals surface area (Å²) in [7, 11) is 0. The smallest absolute Gasteiger partial charge is 0.253 e. The lowest BCUT2D eigenvalue weighted by molar-refractivity contribution is -0.130. The molecule has 2 aliphatic rings. The molecule has 0 aromatic heterocycles. The molecule has 0 spiro atoms. The highest BCUT2D eigenvalue weighted by molar-refractivity contribution is 5.97. The summed E-state index contributed by atoms with van der Waals surface area (Å²) < 4.78 is 16.5. The summed E-state index contributed by atoms with van der Waals surface area (Å²) in [4.78, 5) is 12.4. The molecular formula is C17H24N2O4. The normalized spacial score (nSPS) is 19.2. The van der Waals surface area contributed by atoms with Gasteiger partial charge in [-0.2, -0.15) is 0 Å². The monoisotopic (exact) mass is 320 g/mol. The van der Waals surface area contributed by atoms with Crippen molar-refractivity contribution in [3.05, 3.63) is 12.1 Å². The van der Waals surface area contributed by atoms with Gasteiger partial charge in [0.25, 0.3) is 5.91 Å². The van der Waals surface area contributed by atoms with Crippen molar-refractivity contribution in [1.29, 1.82) is 0 Å². The van der Waals surface area contributed by atoms with Gasteiger partial charge in [0.1, 0.15) is 6.10 Å². The topological polar surface area (TPSA) is 82.8 Å². The molecule has 1 unspecified atom stereocenters. The molecule has 6 nitrogen and oxygen atoms in total. The molecule has 3 rings (SSSR count). The van der Waals surface area contributed by atoms with Crippen molar-refractivity contribution in [3.63, 3.8) is 0 Å². The molecule has 1 fully saturated rings. The van der Waals surface area contributed by atoms with Crippen molar-refractivity contribution in [2.24, 2.45) is 0 Å². The van der Waals surface area contributed by atoms with Crippen LogP contribution in [0.5, 0.6) is 11.5 Å². The number of nitrogen functional groups attached to an aromatic ring is 1. The number of benzene rings is 1. The average molecular weight is 320 g/mol. The molecule has 126 valence electrons. The zero-order valence-electron chi connectivity index (χ0n) is 13.5. The van der Waals surface area contributed by atoms with Crippen molar-refractivity contribution in [3.8, 4) is 11.5 Å². The number of fused-ring (bicyclic) bond motifs is 1. The van der Waals surface area contributed by atoms with Gasteiger partial charge in [0.05, 0.1) is 17.5 Å². The van der Waals surface area contributed by atoms with E-state index in [1.807, 2.05) is 0 Å². The fourth-order valence-electron chi connectivity index (χ4n) is 3.03. The molecule has 1 saturated carbocycles. The highest BCUT2D eigenvalue weighted by Gasteiger charge is 2.22. The van der Waals surface area contributed by atoms with Crippen LogP contribution in [0.2, 0.25) is 0 Å². The number of ether oxygens (including phenoxy) is 3. The van der Waals surface area contributed by atoms with Crippen LogP contribution in [0.15, 0.2) is 12.1 Å². The Bertz CT molecular complexity index is 568. The third kappa shape index (κ3) is 3.88. The van der Waals surface area contributed by atoms with E-state index in [0.29, 0.717) is 22.9 Å². The molecule has 1 heterocycles. The van der Waals surface area contributed by atoms with Gasteiger partial charge in [-0.1, -0.05) is 25.7 Å². The maximum Gasteiger partial charge on any atom is 0.253 e. The van der Waals surface area contributed by atoms with Gasteiger partial charge in [0, 0.05) is 12.1 Å². The number of rotatable bonds is 4. The summed E-state index contributed by atoms with van der Waals surface area (Å²) in [5.41, 5.74) is 6.93. The quantitative estimate of drug-likeness (QED) is 0.658. The van der Waals surface area contributed by atoms with E-state index in [1.165, 1.54) is 25.7 Å². The first-order chi connectivity index (χ1) is 11.1. The number of nitrogens with one attached hydrogen (secondary N) is 1. The van der Waals surface area contributed by atoms with Crippen LogP contribution in [0.1, 0.15) is 45.4 Å². The Morgan fingerprint density at radius 1 is 1.22 bits per heavy atom. The predicted molar refractivity (Wildman–Crippen MR) is 87.6 cm³/mol. The number of amides is 1. The van der Waals surface area contributed by atoms with Crippen molar-refractivity contribution in [1.82, 2.24) is 0 Å². The summed E-state index contributed by atoms with van der Waals surface area (Å²) in [5.74, 6) is 0.995. The Hall–Kier alpha value is -1.95. The summed E-state index contributed by atoms with van der Waals surface area (Å²) in [6, 6.07) is 3.35. The van der Waals surface area contributed by atoms with Gasteiger partial charge in [-0.25, -0.2) is 0 Å². The summed E-state index contributed by atoms with van der Waals surface area (Å²) in [5, 5.41) is 2.82. The SMILES string of the molecule is CC(OC1CCCCCC1)C(=O)Nc1cc2c(cc1N)OCO2. The minimum atomic E-state index is -0.511. The van der Waals surface area contributed by atoms with Gasteiger partial charge in [-0.05, 0) is 19.8 Å². The highest BCUT2D eigenvalue weighted by Crippen LogP contribution is 2.38. The molecule has 1 aliphatic carbocycles. The standard InChI is InChI=1S/C17H24N2O4/c1-11(23-12-6-4-2-3-5-7-12)17(20)19-14-9-16-15(8-13(14)18)21-10-22-16/h8-9,11-12H,2-7,10,18H2,1H3,(H,19,20). The van der Waals surface area contributed by atoms with E-state index in [4.69, 9.17) is 19.9 Å². The largest absolute Gasteiger partial charge is 0.454 e. The van der Waals surface area contributed by atoms with E-state index in [9.17, 15) is 4.79 Å². The minimum Gasteiger partial charge on any atom is -0.454 e. The van der Waals surface area contributed by atoms with E-state index < -0.39 is 6.10 Å². The summed E-state index contributed by atoms with van der Waals surface area (Å²) >= 11 is 0. The van der Waals surface area contributed by atoms with Crippen LogP contribution in [-0.2, 0) is 9.53 Å². The molecule has 0 saturated heterocycles. The lowest BCUT2D eigenvalue weighted by atomic mass is 10.1. The van der Waals surface area contributed by atoms with Crippen molar-refractivity contribution >= 4 is 17.3 Å². The van der Waals surface area contributed by atoms with Gasteiger partial charge in [0.2, 0.25) is 6.79 Å². The third-order valence-corrected chi connectivity index (χ3v) is 4.37. The van der Waals surface area contributed by atoms with E-state index >= 15 is 0 Å². The van der Waals surface area contributed by atoms with Crippen LogP contribution in [-0.4, -0.2) is 24.9 Å². The summed E-state index contributed by atoms with van der Waals surface area (Å²) in [6.45, 7) is 1.96. The van der Waals surface area contributed by atoms with Crippen molar-refractivity contribution in [2.75, 3.05) is 17.8 Å². The van der Waals surface area contributed by atoms with Crippen LogP contribution in [0, 0.1) is 0 Å². The first kappa shape index (κ1) is 15.9. The average Bonchev–Trinajstić information content (AvgIpc) is 2.81. The fourth-order valence-corrected chi connectivity index (χ4v) is 3.03. The lowest BCUT2D eigenvalue weighted by Crippen LogP contribution is -2.31. The van der Waals surface area contributed by atoms with Crippen molar-refractivity contribution < 1.29 is 19.0 Å². The summed E-state index contributed by atoms with van der Waals surface area (Å²) in [6.07, 6.45) is 6.59. The number of hydrogen-bond acceptors (Lipinski definition) is 5. The second-order valence-corrected chi connectivity index (χ2v) is 6.17. The molecule has 1 atom stereocenters. The zero-order chi connectivity index (χ0) is 16.2. The van der Waals surface area contributed by atoms with Gasteiger partial charge < -0.3 is 25.3 Å². The number of anilines is 2. The Labute approximate surface area is 136 Å². The van der Waals surface area contributed by atoms with Gasteiger partial charge in [-0.3, -0.25) is 4.79 Å². The first-order valence-corrected chi connectivity index (χ1v) is 8.29. The van der Waals surface area contributed by atoms with Crippen molar-refractivity contribution in [2.45, 2.75) is 57.7 Å². The third-order valence-electron chi connectivity index (χ3n) is 4.37. The van der Waals surface area contributed by atoms with Crippen LogP contribution in [0.3, 0.4) is 0 Å². The van der Waals surface area contributed by atoms with Gasteiger partial charge in [0.15, 0.2) is 11.5 Å².